The topological polar surface area (TPSA) is 63.4 Å². The van der Waals surface area contributed by atoms with Gasteiger partial charge in [0.25, 0.3) is 0 Å². The summed E-state index contributed by atoms with van der Waals surface area (Å²) in [6.07, 6.45) is 3.41. The highest BCUT2D eigenvalue weighted by atomic mass is 32.2. The molecule has 0 unspecified atom stereocenters. The smallest absolute Gasteiger partial charge is 0.243 e. The van der Waals surface area contributed by atoms with E-state index in [0.29, 0.717) is 18.0 Å². The lowest BCUT2D eigenvalue weighted by molar-refractivity contribution is 0.320. The van der Waals surface area contributed by atoms with E-state index < -0.39 is 10.0 Å². The number of thioether (sulfide) groups is 1. The Balaban J connectivity index is 2.24. The monoisotopic (exact) mass is 286 g/mol. The van der Waals surface area contributed by atoms with Gasteiger partial charge in [0, 0.05) is 24.0 Å². The van der Waals surface area contributed by atoms with Gasteiger partial charge >= 0.3 is 0 Å². The average Bonchev–Trinajstić information content (AvgIpc) is 2.39. The van der Waals surface area contributed by atoms with Crippen LogP contribution in [0.4, 0.5) is 0 Å². The minimum atomic E-state index is -3.35. The summed E-state index contributed by atoms with van der Waals surface area (Å²) >= 11 is 1.54. The van der Waals surface area contributed by atoms with Crippen molar-refractivity contribution in [3.05, 3.63) is 24.3 Å². The second-order valence-corrected chi connectivity index (χ2v) is 7.24. The van der Waals surface area contributed by atoms with Gasteiger partial charge in [-0.05, 0) is 37.3 Å². The van der Waals surface area contributed by atoms with Gasteiger partial charge in [-0.25, -0.2) is 8.42 Å². The van der Waals surface area contributed by atoms with E-state index in [9.17, 15) is 8.42 Å². The highest BCUT2D eigenvalue weighted by molar-refractivity contribution is 7.98. The van der Waals surface area contributed by atoms with Gasteiger partial charge in [-0.1, -0.05) is 6.07 Å². The summed E-state index contributed by atoms with van der Waals surface area (Å²) in [5.74, 6) is 0. The highest BCUT2D eigenvalue weighted by Crippen LogP contribution is 2.23. The zero-order valence-electron chi connectivity index (χ0n) is 10.4. The number of benzene rings is 1. The van der Waals surface area contributed by atoms with Crippen LogP contribution in [0.15, 0.2) is 34.1 Å². The van der Waals surface area contributed by atoms with E-state index in [-0.39, 0.29) is 6.04 Å². The van der Waals surface area contributed by atoms with Crippen molar-refractivity contribution in [2.24, 2.45) is 5.73 Å². The predicted octanol–water partition coefficient (Wildman–Crippen LogP) is 1.52. The summed E-state index contributed by atoms with van der Waals surface area (Å²) in [5.41, 5.74) is 5.80. The van der Waals surface area contributed by atoms with Crippen molar-refractivity contribution in [2.75, 3.05) is 19.3 Å². The summed E-state index contributed by atoms with van der Waals surface area (Å²) in [7, 11) is -3.35. The Morgan fingerprint density at radius 1 is 1.33 bits per heavy atom. The fourth-order valence-corrected chi connectivity index (χ4v) is 4.08. The molecule has 1 aliphatic heterocycles. The molecule has 1 aromatic carbocycles. The van der Waals surface area contributed by atoms with E-state index in [1.807, 2.05) is 12.3 Å². The number of hydrogen-bond acceptors (Lipinski definition) is 4. The molecule has 1 fully saturated rings. The zero-order valence-corrected chi connectivity index (χ0v) is 12.0. The molecule has 1 aliphatic rings. The molecule has 18 heavy (non-hydrogen) atoms. The fraction of sp³-hybridized carbons (Fsp3) is 0.500. The average molecular weight is 286 g/mol. The summed E-state index contributed by atoms with van der Waals surface area (Å²) < 4.78 is 26.4. The standard InChI is InChI=1S/C12H18N2O2S2/c1-17-11-3-2-4-12(9-11)18(15,16)14-7-5-10(13)6-8-14/h2-4,9-10H,5-8,13H2,1H3. The van der Waals surface area contributed by atoms with Crippen LogP contribution in [-0.4, -0.2) is 38.1 Å². The number of nitrogens with two attached hydrogens (primary N) is 1. The number of hydrogen-bond donors (Lipinski definition) is 1. The van der Waals surface area contributed by atoms with Gasteiger partial charge in [0.1, 0.15) is 0 Å². The lowest BCUT2D eigenvalue weighted by atomic mass is 10.1. The maximum Gasteiger partial charge on any atom is 0.243 e. The molecule has 1 aromatic rings. The number of nitrogens with zero attached hydrogens (tertiary/aromatic N) is 1. The minimum Gasteiger partial charge on any atom is -0.328 e. The Morgan fingerprint density at radius 3 is 2.61 bits per heavy atom. The molecule has 2 rings (SSSR count). The van der Waals surface area contributed by atoms with E-state index in [0.717, 1.165) is 17.7 Å². The first-order valence-electron chi connectivity index (χ1n) is 5.94. The van der Waals surface area contributed by atoms with Crippen molar-refractivity contribution < 1.29 is 8.42 Å². The first-order chi connectivity index (χ1) is 8.54. The first-order valence-corrected chi connectivity index (χ1v) is 8.60. The molecule has 0 spiro atoms. The number of sulfonamides is 1. The molecular formula is C12H18N2O2S2. The molecule has 1 heterocycles. The Kier molecular flexibility index (Phi) is 4.32. The van der Waals surface area contributed by atoms with Crippen molar-refractivity contribution in [2.45, 2.75) is 28.7 Å². The van der Waals surface area contributed by atoms with Crippen LogP contribution in [0.2, 0.25) is 0 Å². The van der Waals surface area contributed by atoms with Crippen LogP contribution in [-0.2, 0) is 10.0 Å². The first kappa shape index (κ1) is 13.9. The van der Waals surface area contributed by atoms with Gasteiger partial charge < -0.3 is 5.73 Å². The van der Waals surface area contributed by atoms with Gasteiger partial charge in [-0.2, -0.15) is 4.31 Å². The van der Waals surface area contributed by atoms with E-state index in [4.69, 9.17) is 5.73 Å². The summed E-state index contributed by atoms with van der Waals surface area (Å²) in [5, 5.41) is 0. The summed E-state index contributed by atoms with van der Waals surface area (Å²) in [4.78, 5) is 1.34. The van der Waals surface area contributed by atoms with Crippen LogP contribution in [0.5, 0.6) is 0 Å². The van der Waals surface area contributed by atoms with Crippen molar-refractivity contribution in [1.82, 2.24) is 4.31 Å². The quantitative estimate of drug-likeness (QED) is 0.856. The number of rotatable bonds is 3. The Hall–Kier alpha value is -0.560. The maximum atomic E-state index is 12.4. The molecule has 0 aliphatic carbocycles. The number of piperidine rings is 1. The van der Waals surface area contributed by atoms with Gasteiger partial charge in [0.2, 0.25) is 10.0 Å². The fourth-order valence-electron chi connectivity index (χ4n) is 2.03. The third kappa shape index (κ3) is 2.88. The van der Waals surface area contributed by atoms with Crippen LogP contribution < -0.4 is 5.73 Å². The van der Waals surface area contributed by atoms with E-state index in [2.05, 4.69) is 0 Å². The molecule has 0 saturated carbocycles. The Bertz CT molecular complexity index is 509. The molecule has 0 atom stereocenters. The summed E-state index contributed by atoms with van der Waals surface area (Å²) in [6, 6.07) is 7.22. The third-order valence-corrected chi connectivity index (χ3v) is 5.80. The largest absolute Gasteiger partial charge is 0.328 e. The molecule has 0 aromatic heterocycles. The zero-order chi connectivity index (χ0) is 13.2. The van der Waals surface area contributed by atoms with Crippen molar-refractivity contribution >= 4 is 21.8 Å². The van der Waals surface area contributed by atoms with Crippen LogP contribution in [0, 0.1) is 0 Å². The minimum absolute atomic E-state index is 0.133. The van der Waals surface area contributed by atoms with Gasteiger partial charge in [0.05, 0.1) is 4.90 Å². The highest BCUT2D eigenvalue weighted by Gasteiger charge is 2.28. The SMILES string of the molecule is CSc1cccc(S(=O)(=O)N2CCC(N)CC2)c1. The molecule has 0 bridgehead atoms. The van der Waals surface area contributed by atoms with Crippen molar-refractivity contribution in [1.29, 1.82) is 0 Å². The van der Waals surface area contributed by atoms with Crippen molar-refractivity contribution in [3.63, 3.8) is 0 Å². The Labute approximate surface area is 113 Å². The molecule has 2 N–H and O–H groups in total. The van der Waals surface area contributed by atoms with Gasteiger partial charge in [-0.3, -0.25) is 0 Å². The lowest BCUT2D eigenvalue weighted by Gasteiger charge is -2.29. The van der Waals surface area contributed by atoms with Crippen LogP contribution >= 0.6 is 11.8 Å². The molecule has 0 amide bonds. The second kappa shape index (κ2) is 5.61. The molecule has 4 nitrogen and oxygen atoms in total. The van der Waals surface area contributed by atoms with Crippen LogP contribution in [0.25, 0.3) is 0 Å². The van der Waals surface area contributed by atoms with E-state index >= 15 is 0 Å². The van der Waals surface area contributed by atoms with Crippen LogP contribution in [0.1, 0.15) is 12.8 Å². The van der Waals surface area contributed by atoms with Crippen LogP contribution in [0.3, 0.4) is 0 Å². The second-order valence-electron chi connectivity index (χ2n) is 4.42. The third-order valence-electron chi connectivity index (χ3n) is 3.18. The van der Waals surface area contributed by atoms with Crippen molar-refractivity contribution in [3.8, 4) is 0 Å². The van der Waals surface area contributed by atoms with Gasteiger partial charge in [0.15, 0.2) is 0 Å². The molecular weight excluding hydrogens is 268 g/mol. The summed E-state index contributed by atoms with van der Waals surface area (Å²) in [6.45, 7) is 1.04. The maximum absolute atomic E-state index is 12.4. The molecule has 100 valence electrons. The van der Waals surface area contributed by atoms with E-state index in [1.165, 1.54) is 4.31 Å². The predicted molar refractivity (Wildman–Crippen MR) is 74.2 cm³/mol. The van der Waals surface area contributed by atoms with Gasteiger partial charge in [-0.15, -0.1) is 11.8 Å². The molecule has 0 radical (unpaired) electrons. The molecule has 1 saturated heterocycles. The lowest BCUT2D eigenvalue weighted by Crippen LogP contribution is -2.42. The Morgan fingerprint density at radius 2 is 2.00 bits per heavy atom. The molecule has 6 heteroatoms. The normalized spacial score (nSPS) is 19.0. The van der Waals surface area contributed by atoms with E-state index in [1.54, 1.807) is 30.0 Å².